The van der Waals surface area contributed by atoms with Gasteiger partial charge in [-0.15, -0.1) is 10.2 Å². The number of rotatable bonds is 4. The lowest BCUT2D eigenvalue weighted by molar-refractivity contribution is 0.301. The number of aromatic nitrogens is 2. The molecule has 1 heterocycles. The molecule has 0 fully saturated rings. The van der Waals surface area contributed by atoms with Gasteiger partial charge in [0.25, 0.3) is 0 Å². The lowest BCUT2D eigenvalue weighted by Gasteiger charge is -2.21. The molecule has 2 rings (SSSR count). The van der Waals surface area contributed by atoms with Crippen LogP contribution in [0.25, 0.3) is 0 Å². The Kier molecular flexibility index (Phi) is 4.98. The lowest BCUT2D eigenvalue weighted by Crippen LogP contribution is -2.30. The summed E-state index contributed by atoms with van der Waals surface area (Å²) < 4.78 is 33.1. The van der Waals surface area contributed by atoms with Gasteiger partial charge in [-0.05, 0) is 31.2 Å². The molecule has 0 amide bonds. The van der Waals surface area contributed by atoms with E-state index in [4.69, 9.17) is 4.42 Å². The first-order valence-corrected chi connectivity index (χ1v) is 9.34. The van der Waals surface area contributed by atoms with E-state index < -0.39 is 16.1 Å². The van der Waals surface area contributed by atoms with Gasteiger partial charge in [0.05, 0.1) is 4.90 Å². The molecule has 0 bridgehead atoms. The summed E-state index contributed by atoms with van der Waals surface area (Å²) >= 11 is 3.29. The maximum atomic E-state index is 12.7. The molecular weight excluding hydrogens is 382 g/mol. The van der Waals surface area contributed by atoms with E-state index in [-0.39, 0.29) is 16.2 Å². The normalized spacial score (nSPS) is 14.2. The summed E-state index contributed by atoms with van der Waals surface area (Å²) in [6.45, 7) is 7.59. The predicted octanol–water partition coefficient (Wildman–Crippen LogP) is 3.51. The van der Waals surface area contributed by atoms with Crippen LogP contribution < -0.4 is 0 Å². The Balaban J connectivity index is 2.30. The molecule has 0 aliphatic heterocycles. The van der Waals surface area contributed by atoms with Crippen molar-refractivity contribution in [1.82, 2.24) is 14.5 Å². The van der Waals surface area contributed by atoms with Gasteiger partial charge in [0.2, 0.25) is 21.8 Å². The highest BCUT2D eigenvalue weighted by atomic mass is 79.9. The van der Waals surface area contributed by atoms with Crippen molar-refractivity contribution in [2.45, 2.75) is 44.0 Å². The van der Waals surface area contributed by atoms with Crippen LogP contribution >= 0.6 is 15.9 Å². The number of halogens is 1. The highest BCUT2D eigenvalue weighted by Crippen LogP contribution is 2.28. The van der Waals surface area contributed by atoms with Crippen LogP contribution in [0.2, 0.25) is 0 Å². The van der Waals surface area contributed by atoms with Gasteiger partial charge in [-0.2, -0.15) is 4.31 Å². The van der Waals surface area contributed by atoms with E-state index in [2.05, 4.69) is 26.1 Å². The second-order valence-corrected chi connectivity index (χ2v) is 9.26. The van der Waals surface area contributed by atoms with Crippen molar-refractivity contribution in [2.24, 2.45) is 0 Å². The van der Waals surface area contributed by atoms with E-state index in [1.54, 1.807) is 31.2 Å². The van der Waals surface area contributed by atoms with Crippen LogP contribution in [0.5, 0.6) is 0 Å². The molecule has 0 saturated carbocycles. The quantitative estimate of drug-likeness (QED) is 0.782. The van der Waals surface area contributed by atoms with Crippen molar-refractivity contribution in [3.63, 3.8) is 0 Å². The van der Waals surface area contributed by atoms with Gasteiger partial charge in [-0.25, -0.2) is 8.42 Å². The van der Waals surface area contributed by atoms with Crippen LogP contribution in [0.1, 0.15) is 45.5 Å². The fourth-order valence-electron chi connectivity index (χ4n) is 1.84. The summed E-state index contributed by atoms with van der Waals surface area (Å²) in [5, 5.41) is 8.01. The summed E-state index contributed by atoms with van der Waals surface area (Å²) in [7, 11) is -2.14. The van der Waals surface area contributed by atoms with Gasteiger partial charge < -0.3 is 4.42 Å². The van der Waals surface area contributed by atoms with E-state index in [1.807, 2.05) is 20.8 Å². The summed E-state index contributed by atoms with van der Waals surface area (Å²) in [5.74, 6) is 0.756. The third-order valence-corrected chi connectivity index (χ3v) is 5.95. The molecular formula is C15H20BrN3O3S. The first-order valence-electron chi connectivity index (χ1n) is 7.11. The highest BCUT2D eigenvalue weighted by molar-refractivity contribution is 9.10. The third kappa shape index (κ3) is 3.81. The number of benzene rings is 1. The smallest absolute Gasteiger partial charge is 0.243 e. The van der Waals surface area contributed by atoms with Crippen LogP contribution in [0.15, 0.2) is 38.1 Å². The Bertz CT molecular complexity index is 779. The second-order valence-electron chi connectivity index (χ2n) is 6.35. The lowest BCUT2D eigenvalue weighted by atomic mass is 9.97. The molecule has 0 aliphatic rings. The highest BCUT2D eigenvalue weighted by Gasteiger charge is 2.31. The van der Waals surface area contributed by atoms with Crippen molar-refractivity contribution in [3.05, 3.63) is 40.5 Å². The zero-order valence-electron chi connectivity index (χ0n) is 13.7. The predicted molar refractivity (Wildman–Crippen MR) is 90.5 cm³/mol. The van der Waals surface area contributed by atoms with Crippen LogP contribution in [0, 0.1) is 0 Å². The topological polar surface area (TPSA) is 76.3 Å². The molecule has 0 N–H and O–H groups in total. The molecule has 0 radical (unpaired) electrons. The van der Waals surface area contributed by atoms with Crippen molar-refractivity contribution >= 4 is 26.0 Å². The third-order valence-electron chi connectivity index (χ3n) is 3.48. The van der Waals surface area contributed by atoms with E-state index >= 15 is 0 Å². The fourth-order valence-corrected chi connectivity index (χ4v) is 3.43. The number of hydrogen-bond acceptors (Lipinski definition) is 5. The molecule has 0 saturated heterocycles. The Morgan fingerprint density at radius 1 is 1.17 bits per heavy atom. The first-order chi connectivity index (χ1) is 10.5. The summed E-state index contributed by atoms with van der Waals surface area (Å²) in [5.41, 5.74) is -0.284. The number of hydrogen-bond donors (Lipinski definition) is 0. The molecule has 0 spiro atoms. The molecule has 6 nitrogen and oxygen atoms in total. The molecule has 1 atom stereocenters. The fraction of sp³-hybridized carbons (Fsp3) is 0.467. The Hall–Kier alpha value is -1.25. The van der Waals surface area contributed by atoms with Crippen molar-refractivity contribution < 1.29 is 12.8 Å². The minimum atomic E-state index is -3.64. The van der Waals surface area contributed by atoms with Gasteiger partial charge in [0.1, 0.15) is 6.04 Å². The minimum Gasteiger partial charge on any atom is -0.423 e. The van der Waals surface area contributed by atoms with Crippen LogP contribution in [-0.2, 0) is 15.4 Å². The maximum Gasteiger partial charge on any atom is 0.243 e. The molecule has 8 heteroatoms. The average molecular weight is 402 g/mol. The van der Waals surface area contributed by atoms with E-state index in [0.717, 1.165) is 4.47 Å². The first kappa shape index (κ1) is 18.1. The molecule has 126 valence electrons. The van der Waals surface area contributed by atoms with Gasteiger partial charge >= 0.3 is 0 Å². The molecule has 1 aromatic carbocycles. The van der Waals surface area contributed by atoms with E-state index in [9.17, 15) is 8.42 Å². The average Bonchev–Trinajstić information content (AvgIpc) is 2.96. The van der Waals surface area contributed by atoms with Gasteiger partial charge in [0, 0.05) is 16.9 Å². The molecule has 23 heavy (non-hydrogen) atoms. The van der Waals surface area contributed by atoms with Crippen LogP contribution in [-0.4, -0.2) is 30.0 Å². The van der Waals surface area contributed by atoms with E-state index in [1.165, 1.54) is 11.4 Å². The summed E-state index contributed by atoms with van der Waals surface area (Å²) in [4.78, 5) is 0.214. The van der Waals surface area contributed by atoms with E-state index in [0.29, 0.717) is 5.89 Å². The zero-order chi connectivity index (χ0) is 17.4. The van der Waals surface area contributed by atoms with Crippen molar-refractivity contribution in [3.8, 4) is 0 Å². The molecule has 2 aromatic rings. The minimum absolute atomic E-state index is 0.214. The molecule has 0 aliphatic carbocycles. The number of nitrogens with zero attached hydrogens (tertiary/aromatic N) is 3. The Morgan fingerprint density at radius 3 is 2.22 bits per heavy atom. The summed E-state index contributed by atoms with van der Waals surface area (Å²) in [6.07, 6.45) is 0. The number of sulfonamides is 1. The Morgan fingerprint density at radius 2 is 1.74 bits per heavy atom. The monoisotopic (exact) mass is 401 g/mol. The van der Waals surface area contributed by atoms with Crippen molar-refractivity contribution in [2.75, 3.05) is 7.05 Å². The van der Waals surface area contributed by atoms with Crippen molar-refractivity contribution in [1.29, 1.82) is 0 Å². The Labute approximate surface area is 145 Å². The van der Waals surface area contributed by atoms with Crippen LogP contribution in [0.3, 0.4) is 0 Å². The summed E-state index contributed by atoms with van der Waals surface area (Å²) in [6, 6.07) is 5.92. The molecule has 0 unspecified atom stereocenters. The molecule has 1 aromatic heterocycles. The standard InChI is InChI=1S/C15H20BrN3O3S/c1-10(13-17-18-14(22-13)15(2,3)4)19(5)23(20,21)12-8-6-11(16)7-9-12/h6-10H,1-5H3/t10-/m0/s1. The SMILES string of the molecule is C[C@@H](c1nnc(C(C)(C)C)o1)N(C)S(=O)(=O)c1ccc(Br)cc1. The van der Waals surface area contributed by atoms with Gasteiger partial charge in [-0.3, -0.25) is 0 Å². The zero-order valence-corrected chi connectivity index (χ0v) is 16.1. The van der Waals surface area contributed by atoms with Crippen LogP contribution in [0.4, 0.5) is 0 Å². The largest absolute Gasteiger partial charge is 0.423 e. The second kappa shape index (κ2) is 6.33. The maximum absolute atomic E-state index is 12.7. The van der Waals surface area contributed by atoms with Gasteiger partial charge in [-0.1, -0.05) is 36.7 Å². The van der Waals surface area contributed by atoms with Gasteiger partial charge in [0.15, 0.2) is 0 Å².